The van der Waals surface area contributed by atoms with Gasteiger partial charge in [0.25, 0.3) is 0 Å². The predicted octanol–water partition coefficient (Wildman–Crippen LogP) is 6.44. The molecule has 0 radical (unpaired) electrons. The summed E-state index contributed by atoms with van der Waals surface area (Å²) in [5.41, 5.74) is 2.24. The third-order valence-electron chi connectivity index (χ3n) is 4.19. The first-order valence-electron chi connectivity index (χ1n) is 9.90. The molecule has 0 aromatic heterocycles. The van der Waals surface area contributed by atoms with Crippen molar-refractivity contribution in [3.05, 3.63) is 54.1 Å². The Labute approximate surface area is 158 Å². The molecule has 1 N–H and O–H groups in total. The van der Waals surface area contributed by atoms with Gasteiger partial charge >= 0.3 is 0 Å². The third kappa shape index (κ3) is 7.38. The minimum Gasteiger partial charge on any atom is -0.494 e. The number of nitrogens with one attached hydrogen (secondary N) is 1. The van der Waals surface area contributed by atoms with Gasteiger partial charge in [-0.1, -0.05) is 50.8 Å². The van der Waals surface area contributed by atoms with Crippen molar-refractivity contribution in [3.63, 3.8) is 0 Å². The molecule has 0 atom stereocenters. The highest BCUT2D eigenvalue weighted by molar-refractivity contribution is 5.48. The number of benzene rings is 2. The maximum atomic E-state index is 5.87. The van der Waals surface area contributed by atoms with Crippen molar-refractivity contribution in [2.75, 3.05) is 11.9 Å². The van der Waals surface area contributed by atoms with Crippen molar-refractivity contribution in [1.29, 1.82) is 0 Å². The van der Waals surface area contributed by atoms with E-state index < -0.39 is 0 Å². The van der Waals surface area contributed by atoms with Gasteiger partial charge in [0.2, 0.25) is 0 Å². The summed E-state index contributed by atoms with van der Waals surface area (Å²) >= 11 is 0. The molecule has 0 unspecified atom stereocenters. The van der Waals surface area contributed by atoms with Crippen LogP contribution < -0.4 is 14.8 Å². The SMILES string of the molecule is CCCCCCCOc1ccc(NCc2ccccc2OC(C)C)cc1. The molecule has 2 rings (SSSR count). The summed E-state index contributed by atoms with van der Waals surface area (Å²) in [6.07, 6.45) is 6.48. The Bertz CT molecular complexity index is 622. The van der Waals surface area contributed by atoms with Crippen LogP contribution in [0.25, 0.3) is 0 Å². The van der Waals surface area contributed by atoms with Crippen molar-refractivity contribution < 1.29 is 9.47 Å². The molecule has 0 saturated carbocycles. The van der Waals surface area contributed by atoms with Crippen LogP contribution in [0.3, 0.4) is 0 Å². The van der Waals surface area contributed by atoms with Gasteiger partial charge in [0.15, 0.2) is 0 Å². The van der Waals surface area contributed by atoms with E-state index in [1.165, 1.54) is 25.7 Å². The van der Waals surface area contributed by atoms with Crippen molar-refractivity contribution in [2.45, 2.75) is 65.5 Å². The number of unbranched alkanes of at least 4 members (excludes halogenated alkanes) is 4. The van der Waals surface area contributed by atoms with Crippen LogP contribution in [0.5, 0.6) is 11.5 Å². The zero-order valence-electron chi connectivity index (χ0n) is 16.5. The highest BCUT2D eigenvalue weighted by Gasteiger charge is 2.05. The molecule has 26 heavy (non-hydrogen) atoms. The van der Waals surface area contributed by atoms with Gasteiger partial charge < -0.3 is 14.8 Å². The Kier molecular flexibility index (Phi) is 8.88. The van der Waals surface area contributed by atoms with Crippen molar-refractivity contribution in [2.24, 2.45) is 0 Å². The summed E-state index contributed by atoms with van der Waals surface area (Å²) in [4.78, 5) is 0. The summed E-state index contributed by atoms with van der Waals surface area (Å²) < 4.78 is 11.7. The number of rotatable bonds is 12. The van der Waals surface area contributed by atoms with E-state index in [-0.39, 0.29) is 6.10 Å². The van der Waals surface area contributed by atoms with E-state index in [1.807, 2.05) is 44.2 Å². The van der Waals surface area contributed by atoms with Crippen LogP contribution in [0.15, 0.2) is 48.5 Å². The Morgan fingerprint density at radius 1 is 0.885 bits per heavy atom. The van der Waals surface area contributed by atoms with Crippen LogP contribution >= 0.6 is 0 Å². The summed E-state index contributed by atoms with van der Waals surface area (Å²) in [5.74, 6) is 1.88. The van der Waals surface area contributed by atoms with Crippen LogP contribution in [0.1, 0.15) is 58.4 Å². The van der Waals surface area contributed by atoms with Gasteiger partial charge in [0.05, 0.1) is 12.7 Å². The average Bonchev–Trinajstić information content (AvgIpc) is 2.64. The van der Waals surface area contributed by atoms with Crippen LogP contribution in [0.4, 0.5) is 5.69 Å². The molecule has 0 fully saturated rings. The van der Waals surface area contributed by atoms with E-state index in [0.717, 1.165) is 42.3 Å². The Morgan fingerprint density at radius 2 is 1.62 bits per heavy atom. The average molecular weight is 356 g/mol. The van der Waals surface area contributed by atoms with Gasteiger partial charge in [-0.05, 0) is 50.6 Å². The van der Waals surface area contributed by atoms with E-state index in [2.05, 4.69) is 30.4 Å². The maximum absolute atomic E-state index is 5.87. The number of hydrogen-bond acceptors (Lipinski definition) is 3. The lowest BCUT2D eigenvalue weighted by molar-refractivity contribution is 0.240. The molecule has 0 spiro atoms. The molecule has 0 saturated heterocycles. The largest absolute Gasteiger partial charge is 0.494 e. The topological polar surface area (TPSA) is 30.5 Å². The molecule has 0 aliphatic rings. The quantitative estimate of drug-likeness (QED) is 0.445. The Morgan fingerprint density at radius 3 is 2.35 bits per heavy atom. The van der Waals surface area contributed by atoms with Crippen molar-refractivity contribution in [1.82, 2.24) is 0 Å². The standard InChI is InChI=1S/C23H33NO2/c1-4-5-6-7-10-17-25-22-15-13-21(14-16-22)24-18-20-11-8-9-12-23(20)26-19(2)3/h8-9,11-16,19,24H,4-7,10,17-18H2,1-3H3. The fourth-order valence-electron chi connectivity index (χ4n) is 2.78. The summed E-state index contributed by atoms with van der Waals surface area (Å²) in [7, 11) is 0. The number of anilines is 1. The molecule has 2 aromatic rings. The van der Waals surface area contributed by atoms with Crippen LogP contribution in [0.2, 0.25) is 0 Å². The van der Waals surface area contributed by atoms with Gasteiger partial charge in [0.1, 0.15) is 11.5 Å². The monoisotopic (exact) mass is 355 g/mol. The van der Waals surface area contributed by atoms with E-state index in [9.17, 15) is 0 Å². The summed E-state index contributed by atoms with van der Waals surface area (Å²) in [6, 6.07) is 16.4. The van der Waals surface area contributed by atoms with E-state index in [0.29, 0.717) is 0 Å². The summed E-state index contributed by atoms with van der Waals surface area (Å²) in [5, 5.41) is 3.46. The van der Waals surface area contributed by atoms with Crippen molar-refractivity contribution in [3.8, 4) is 11.5 Å². The van der Waals surface area contributed by atoms with Crippen LogP contribution in [-0.2, 0) is 6.54 Å². The molecule has 0 bridgehead atoms. The van der Waals surface area contributed by atoms with Gasteiger partial charge in [-0.3, -0.25) is 0 Å². The highest BCUT2D eigenvalue weighted by atomic mass is 16.5. The number of para-hydroxylation sites is 1. The second-order valence-electron chi connectivity index (χ2n) is 6.91. The molecule has 142 valence electrons. The number of hydrogen-bond donors (Lipinski definition) is 1. The van der Waals surface area contributed by atoms with Gasteiger partial charge in [-0.2, -0.15) is 0 Å². The second-order valence-corrected chi connectivity index (χ2v) is 6.91. The van der Waals surface area contributed by atoms with Gasteiger partial charge in [0, 0.05) is 17.8 Å². The molecular formula is C23H33NO2. The fourth-order valence-corrected chi connectivity index (χ4v) is 2.78. The summed E-state index contributed by atoms with van der Waals surface area (Å²) in [6.45, 7) is 7.87. The second kappa shape index (κ2) is 11.5. The lowest BCUT2D eigenvalue weighted by atomic mass is 10.2. The normalized spacial score (nSPS) is 10.8. The highest BCUT2D eigenvalue weighted by Crippen LogP contribution is 2.22. The lowest BCUT2D eigenvalue weighted by Crippen LogP contribution is -2.09. The maximum Gasteiger partial charge on any atom is 0.124 e. The minimum atomic E-state index is 0.176. The molecule has 0 aliphatic heterocycles. The molecule has 3 nitrogen and oxygen atoms in total. The zero-order chi connectivity index (χ0) is 18.6. The Balaban J connectivity index is 1.77. The minimum absolute atomic E-state index is 0.176. The van der Waals surface area contributed by atoms with Gasteiger partial charge in [-0.15, -0.1) is 0 Å². The smallest absolute Gasteiger partial charge is 0.124 e. The van der Waals surface area contributed by atoms with E-state index >= 15 is 0 Å². The fraction of sp³-hybridized carbons (Fsp3) is 0.478. The lowest BCUT2D eigenvalue weighted by Gasteiger charge is -2.15. The molecule has 0 aliphatic carbocycles. The van der Waals surface area contributed by atoms with Crippen LogP contribution in [-0.4, -0.2) is 12.7 Å². The molecular weight excluding hydrogens is 322 g/mol. The molecule has 2 aromatic carbocycles. The zero-order valence-corrected chi connectivity index (χ0v) is 16.5. The molecule has 3 heteroatoms. The first-order valence-corrected chi connectivity index (χ1v) is 9.90. The molecule has 0 amide bonds. The first-order chi connectivity index (χ1) is 12.7. The first kappa shape index (κ1) is 20.2. The Hall–Kier alpha value is -2.16. The van der Waals surface area contributed by atoms with Crippen LogP contribution in [0, 0.1) is 0 Å². The third-order valence-corrected chi connectivity index (χ3v) is 4.19. The van der Waals surface area contributed by atoms with E-state index in [4.69, 9.17) is 9.47 Å². The van der Waals surface area contributed by atoms with E-state index in [1.54, 1.807) is 0 Å². The molecule has 0 heterocycles. The van der Waals surface area contributed by atoms with Gasteiger partial charge in [-0.25, -0.2) is 0 Å². The predicted molar refractivity (Wildman–Crippen MR) is 110 cm³/mol. The number of ether oxygens (including phenoxy) is 2. The van der Waals surface area contributed by atoms with Crippen molar-refractivity contribution >= 4 is 5.69 Å².